The maximum Gasteiger partial charge on any atom is 0.243 e. The lowest BCUT2D eigenvalue weighted by Gasteiger charge is -2.31. The minimum Gasteiger partial charge on any atom is -0.362 e. The molecular weight excluding hydrogens is 432 g/mol. The topological polar surface area (TPSA) is 128 Å². The molecule has 1 saturated carbocycles. The normalized spacial score (nSPS) is 18.8. The molecule has 34 heavy (non-hydrogen) atoms. The molecule has 4 rings (SSSR count). The minimum absolute atomic E-state index is 0.0656. The number of aromatic amines is 1. The van der Waals surface area contributed by atoms with Crippen molar-refractivity contribution < 1.29 is 9.59 Å². The first-order valence-corrected chi connectivity index (χ1v) is 11.6. The summed E-state index contributed by atoms with van der Waals surface area (Å²) in [6.07, 6.45) is 7.10. The maximum absolute atomic E-state index is 12.9. The number of imidazole rings is 1. The fourth-order valence-electron chi connectivity index (χ4n) is 4.40. The van der Waals surface area contributed by atoms with Gasteiger partial charge in [-0.1, -0.05) is 12.1 Å². The number of hydrogen-bond acceptors (Lipinski definition) is 7. The number of H-pyrrole nitrogens is 1. The summed E-state index contributed by atoms with van der Waals surface area (Å²) in [6.45, 7) is 1.41. The number of anilines is 2. The van der Waals surface area contributed by atoms with Gasteiger partial charge in [-0.2, -0.15) is 4.98 Å². The summed E-state index contributed by atoms with van der Waals surface area (Å²) in [5, 5.41) is 10.4. The van der Waals surface area contributed by atoms with Crippen molar-refractivity contribution in [2.75, 3.05) is 24.3 Å². The average molecular weight is 465 g/mol. The zero-order valence-corrected chi connectivity index (χ0v) is 19.8. The van der Waals surface area contributed by atoms with Crippen LogP contribution in [0, 0.1) is 0 Å². The van der Waals surface area contributed by atoms with Crippen LogP contribution in [0.1, 0.15) is 38.3 Å². The Morgan fingerprint density at radius 1 is 1.12 bits per heavy atom. The molecule has 180 valence electrons. The van der Waals surface area contributed by atoms with Gasteiger partial charge >= 0.3 is 0 Å². The van der Waals surface area contributed by atoms with E-state index in [0.29, 0.717) is 12.4 Å². The zero-order valence-electron chi connectivity index (χ0n) is 19.8. The first kappa shape index (κ1) is 23.5. The van der Waals surface area contributed by atoms with Crippen molar-refractivity contribution in [3.8, 4) is 0 Å². The molecule has 1 aromatic carbocycles. The van der Waals surface area contributed by atoms with Crippen molar-refractivity contribution in [1.82, 2.24) is 30.6 Å². The first-order chi connectivity index (χ1) is 16.4. The average Bonchev–Trinajstić information content (AvgIpc) is 3.32. The van der Waals surface area contributed by atoms with Crippen LogP contribution in [0.15, 0.2) is 36.8 Å². The standard InChI is InChI=1S/C24H32N8O2/c1-15(33)27-21(12-18-13-25-14-26-18)23(34)28-16-8-10-17(11-9-16)29-24-30-20-7-5-4-6-19(20)22(31-24)32(2)3/h4-7,13-14,16-17,21H,8-12H2,1-3H3,(H,25,26)(H,27,33)(H,28,34)(H,29,30,31)/t16-,17+,21?. The Bertz CT molecular complexity index is 1120. The van der Waals surface area contributed by atoms with Crippen molar-refractivity contribution in [2.24, 2.45) is 0 Å². The van der Waals surface area contributed by atoms with E-state index in [0.717, 1.165) is 48.1 Å². The van der Waals surface area contributed by atoms with Gasteiger partial charge < -0.3 is 25.8 Å². The summed E-state index contributed by atoms with van der Waals surface area (Å²) in [4.78, 5) is 42.9. The molecule has 1 aliphatic rings. The number of benzene rings is 1. The molecule has 1 fully saturated rings. The van der Waals surface area contributed by atoms with Gasteiger partial charge in [-0.25, -0.2) is 9.97 Å². The molecule has 3 aromatic rings. The third-order valence-electron chi connectivity index (χ3n) is 6.08. The molecule has 2 aromatic heterocycles. The predicted molar refractivity (Wildman–Crippen MR) is 132 cm³/mol. The molecule has 4 N–H and O–H groups in total. The Morgan fingerprint density at radius 3 is 2.53 bits per heavy atom. The van der Waals surface area contributed by atoms with Crippen molar-refractivity contribution in [1.29, 1.82) is 0 Å². The lowest BCUT2D eigenvalue weighted by atomic mass is 9.91. The monoisotopic (exact) mass is 464 g/mol. The fourth-order valence-corrected chi connectivity index (χ4v) is 4.40. The van der Waals surface area contributed by atoms with Gasteiger partial charge in [0.1, 0.15) is 11.9 Å². The van der Waals surface area contributed by atoms with Crippen LogP contribution in [0.25, 0.3) is 10.9 Å². The van der Waals surface area contributed by atoms with E-state index >= 15 is 0 Å². The Labute approximate surface area is 199 Å². The number of carbonyl (C=O) groups is 2. The first-order valence-electron chi connectivity index (χ1n) is 11.6. The molecule has 1 unspecified atom stereocenters. The largest absolute Gasteiger partial charge is 0.362 e. The second-order valence-corrected chi connectivity index (χ2v) is 9.00. The molecule has 10 heteroatoms. The Morgan fingerprint density at radius 2 is 1.85 bits per heavy atom. The van der Waals surface area contributed by atoms with E-state index in [1.807, 2.05) is 43.3 Å². The molecule has 0 radical (unpaired) electrons. The zero-order chi connectivity index (χ0) is 24.1. The Balaban J connectivity index is 1.34. The van der Waals surface area contributed by atoms with Crippen LogP contribution in [0.3, 0.4) is 0 Å². The highest BCUT2D eigenvalue weighted by Crippen LogP contribution is 2.26. The number of fused-ring (bicyclic) bond motifs is 1. The van der Waals surface area contributed by atoms with Gasteiger partial charge in [-0.15, -0.1) is 0 Å². The third-order valence-corrected chi connectivity index (χ3v) is 6.08. The van der Waals surface area contributed by atoms with E-state index in [4.69, 9.17) is 9.97 Å². The number of nitrogens with one attached hydrogen (secondary N) is 4. The molecule has 2 amide bonds. The predicted octanol–water partition coefficient (Wildman–Crippen LogP) is 2.01. The third kappa shape index (κ3) is 5.81. The SMILES string of the molecule is CC(=O)NC(Cc1c[nH]cn1)C(=O)N[C@H]1CC[C@@H](Nc2nc(N(C)C)c3ccccc3n2)CC1. The highest BCUT2D eigenvalue weighted by Gasteiger charge is 2.27. The lowest BCUT2D eigenvalue weighted by molar-refractivity contribution is -0.128. The molecule has 1 atom stereocenters. The smallest absolute Gasteiger partial charge is 0.243 e. The molecule has 10 nitrogen and oxygen atoms in total. The number of aromatic nitrogens is 4. The van der Waals surface area contributed by atoms with Crippen molar-refractivity contribution in [3.63, 3.8) is 0 Å². The highest BCUT2D eigenvalue weighted by atomic mass is 16.2. The molecule has 0 aliphatic heterocycles. The van der Waals surface area contributed by atoms with Gasteiger partial charge in [0.25, 0.3) is 0 Å². The van der Waals surface area contributed by atoms with Crippen LogP contribution in [0.4, 0.5) is 11.8 Å². The van der Waals surface area contributed by atoms with Gasteiger partial charge in [0, 0.05) is 51.1 Å². The summed E-state index contributed by atoms with van der Waals surface area (Å²) in [6, 6.07) is 7.65. The van der Waals surface area contributed by atoms with Gasteiger partial charge in [0.05, 0.1) is 17.5 Å². The van der Waals surface area contributed by atoms with Crippen molar-refractivity contribution >= 4 is 34.5 Å². The summed E-state index contributed by atoms with van der Waals surface area (Å²) in [7, 11) is 3.96. The van der Waals surface area contributed by atoms with Crippen LogP contribution in [-0.2, 0) is 16.0 Å². The fraction of sp³-hybridized carbons (Fsp3) is 0.458. The molecule has 1 aliphatic carbocycles. The summed E-state index contributed by atoms with van der Waals surface area (Å²) < 4.78 is 0. The van der Waals surface area contributed by atoms with E-state index in [2.05, 4.69) is 25.9 Å². The van der Waals surface area contributed by atoms with Crippen LogP contribution in [0.5, 0.6) is 0 Å². The maximum atomic E-state index is 12.9. The number of amides is 2. The summed E-state index contributed by atoms with van der Waals surface area (Å²) >= 11 is 0. The van der Waals surface area contributed by atoms with E-state index in [-0.39, 0.29) is 23.9 Å². The van der Waals surface area contributed by atoms with Gasteiger partial charge in [0.2, 0.25) is 17.8 Å². The number of para-hydroxylation sites is 1. The van der Waals surface area contributed by atoms with E-state index in [1.54, 1.807) is 12.5 Å². The lowest BCUT2D eigenvalue weighted by Crippen LogP contribution is -2.51. The summed E-state index contributed by atoms with van der Waals surface area (Å²) in [5.74, 6) is 1.09. The number of nitrogens with zero attached hydrogens (tertiary/aromatic N) is 4. The molecule has 0 spiro atoms. The van der Waals surface area contributed by atoms with E-state index in [9.17, 15) is 9.59 Å². The molecular formula is C24H32N8O2. The molecule has 0 bridgehead atoms. The van der Waals surface area contributed by atoms with Crippen LogP contribution in [-0.4, -0.2) is 64.0 Å². The Kier molecular flexibility index (Phi) is 7.24. The Hall–Kier alpha value is -3.69. The molecule has 0 saturated heterocycles. The summed E-state index contributed by atoms with van der Waals surface area (Å²) in [5.41, 5.74) is 1.64. The number of carbonyl (C=O) groups excluding carboxylic acids is 2. The quantitative estimate of drug-likeness (QED) is 0.401. The van der Waals surface area contributed by atoms with Crippen LogP contribution < -0.4 is 20.9 Å². The van der Waals surface area contributed by atoms with Crippen LogP contribution in [0.2, 0.25) is 0 Å². The van der Waals surface area contributed by atoms with Gasteiger partial charge in [-0.05, 0) is 37.8 Å². The van der Waals surface area contributed by atoms with Gasteiger partial charge in [-0.3, -0.25) is 9.59 Å². The van der Waals surface area contributed by atoms with Crippen LogP contribution >= 0.6 is 0 Å². The van der Waals surface area contributed by atoms with Crippen molar-refractivity contribution in [2.45, 2.75) is 57.2 Å². The molecule has 2 heterocycles. The van der Waals surface area contributed by atoms with Crippen molar-refractivity contribution in [3.05, 3.63) is 42.5 Å². The highest BCUT2D eigenvalue weighted by molar-refractivity contribution is 5.90. The second kappa shape index (κ2) is 10.5. The second-order valence-electron chi connectivity index (χ2n) is 9.00. The number of hydrogen-bond donors (Lipinski definition) is 4. The minimum atomic E-state index is -0.646. The van der Waals surface area contributed by atoms with E-state index < -0.39 is 6.04 Å². The van der Waals surface area contributed by atoms with Gasteiger partial charge in [0.15, 0.2) is 0 Å². The number of rotatable bonds is 8. The van der Waals surface area contributed by atoms with E-state index in [1.165, 1.54) is 6.92 Å².